The lowest BCUT2D eigenvalue weighted by atomic mass is 10.2. The van der Waals surface area contributed by atoms with Crippen LogP contribution in [0, 0.1) is 5.82 Å². The number of ether oxygens (including phenoxy) is 1. The Hall–Kier alpha value is -3.42. The SMILES string of the molecule is CCN(CC)c1ccc(C=NNC(=O)CC(=O)Nc2ccccc2F)c(OC)c1. The molecule has 2 aromatic rings. The first-order chi connectivity index (χ1) is 14.0. The number of halogens is 1. The topological polar surface area (TPSA) is 83.0 Å². The number of amides is 2. The van der Waals surface area contributed by atoms with Gasteiger partial charge in [-0.05, 0) is 38.1 Å². The summed E-state index contributed by atoms with van der Waals surface area (Å²) >= 11 is 0. The zero-order valence-corrected chi connectivity index (χ0v) is 16.7. The molecule has 0 saturated carbocycles. The molecule has 0 atom stereocenters. The second kappa shape index (κ2) is 10.8. The summed E-state index contributed by atoms with van der Waals surface area (Å²) in [6.45, 7) is 5.89. The van der Waals surface area contributed by atoms with Crippen molar-refractivity contribution in [2.45, 2.75) is 20.3 Å². The van der Waals surface area contributed by atoms with Gasteiger partial charge in [0.05, 0.1) is 19.0 Å². The van der Waals surface area contributed by atoms with E-state index in [-0.39, 0.29) is 5.69 Å². The summed E-state index contributed by atoms with van der Waals surface area (Å²) in [5.74, 6) is -1.21. The molecule has 154 valence electrons. The molecule has 8 heteroatoms. The van der Waals surface area contributed by atoms with E-state index in [0.717, 1.165) is 18.8 Å². The van der Waals surface area contributed by atoms with Gasteiger partial charge in [-0.15, -0.1) is 0 Å². The third kappa shape index (κ3) is 6.31. The van der Waals surface area contributed by atoms with E-state index in [0.29, 0.717) is 11.3 Å². The smallest absolute Gasteiger partial charge is 0.249 e. The van der Waals surface area contributed by atoms with Gasteiger partial charge in [0.2, 0.25) is 11.8 Å². The Kier molecular flexibility index (Phi) is 8.14. The number of carbonyl (C=O) groups excluding carboxylic acids is 2. The van der Waals surface area contributed by atoms with Crippen LogP contribution in [0.25, 0.3) is 0 Å². The van der Waals surface area contributed by atoms with Crippen LogP contribution in [0.4, 0.5) is 15.8 Å². The lowest BCUT2D eigenvalue weighted by Crippen LogP contribution is -2.25. The second-order valence-electron chi connectivity index (χ2n) is 6.10. The summed E-state index contributed by atoms with van der Waals surface area (Å²) in [5, 5.41) is 6.21. The first kappa shape index (κ1) is 21.9. The maximum Gasteiger partial charge on any atom is 0.249 e. The minimum atomic E-state index is -0.635. The van der Waals surface area contributed by atoms with Crippen molar-refractivity contribution in [1.82, 2.24) is 5.43 Å². The molecule has 29 heavy (non-hydrogen) atoms. The summed E-state index contributed by atoms with van der Waals surface area (Å²) < 4.78 is 18.9. The predicted octanol–water partition coefficient (Wildman–Crippen LogP) is 3.16. The van der Waals surface area contributed by atoms with Crippen molar-refractivity contribution in [2.75, 3.05) is 30.4 Å². The van der Waals surface area contributed by atoms with Crippen molar-refractivity contribution < 1.29 is 18.7 Å². The molecule has 0 aromatic heterocycles. The third-order valence-electron chi connectivity index (χ3n) is 4.21. The molecule has 0 saturated heterocycles. The number of nitrogens with one attached hydrogen (secondary N) is 2. The van der Waals surface area contributed by atoms with Gasteiger partial charge in [0.25, 0.3) is 0 Å². The number of methoxy groups -OCH3 is 1. The lowest BCUT2D eigenvalue weighted by molar-refractivity contribution is -0.126. The number of benzene rings is 2. The average molecular weight is 400 g/mol. The molecule has 2 aromatic carbocycles. The molecule has 7 nitrogen and oxygen atoms in total. The van der Waals surface area contributed by atoms with Gasteiger partial charge in [-0.2, -0.15) is 5.10 Å². The Labute approximate surface area is 169 Å². The minimum Gasteiger partial charge on any atom is -0.496 e. The van der Waals surface area contributed by atoms with Gasteiger partial charge in [0.15, 0.2) is 0 Å². The highest BCUT2D eigenvalue weighted by atomic mass is 19.1. The van der Waals surface area contributed by atoms with E-state index in [1.54, 1.807) is 13.2 Å². The number of hydrazone groups is 1. The van der Waals surface area contributed by atoms with E-state index in [1.165, 1.54) is 24.4 Å². The van der Waals surface area contributed by atoms with Gasteiger partial charge < -0.3 is 15.0 Å². The van der Waals surface area contributed by atoms with Gasteiger partial charge in [-0.1, -0.05) is 12.1 Å². The van der Waals surface area contributed by atoms with Crippen molar-refractivity contribution in [1.29, 1.82) is 0 Å². The van der Waals surface area contributed by atoms with Gasteiger partial charge in [-0.3, -0.25) is 9.59 Å². The molecule has 2 rings (SSSR count). The number of anilines is 2. The number of hydrogen-bond donors (Lipinski definition) is 2. The van der Waals surface area contributed by atoms with Crippen LogP contribution in [0.5, 0.6) is 5.75 Å². The van der Waals surface area contributed by atoms with E-state index >= 15 is 0 Å². The first-order valence-corrected chi connectivity index (χ1v) is 9.27. The molecule has 0 aliphatic heterocycles. The summed E-state index contributed by atoms with van der Waals surface area (Å²) in [7, 11) is 1.56. The summed E-state index contributed by atoms with van der Waals surface area (Å²) in [5.41, 5.74) is 4.01. The van der Waals surface area contributed by atoms with Crippen molar-refractivity contribution >= 4 is 29.4 Å². The summed E-state index contributed by atoms with van der Waals surface area (Å²) in [4.78, 5) is 25.9. The maximum atomic E-state index is 13.5. The summed E-state index contributed by atoms with van der Waals surface area (Å²) in [6, 6.07) is 11.4. The quantitative estimate of drug-likeness (QED) is 0.385. The number of hydrogen-bond acceptors (Lipinski definition) is 5. The molecule has 2 amide bonds. The Balaban J connectivity index is 1.94. The van der Waals surface area contributed by atoms with Crippen LogP contribution in [0.2, 0.25) is 0 Å². The normalized spacial score (nSPS) is 10.6. The van der Waals surface area contributed by atoms with Crippen molar-refractivity contribution in [3.63, 3.8) is 0 Å². The summed E-state index contributed by atoms with van der Waals surface area (Å²) in [6.07, 6.45) is 0.960. The van der Waals surface area contributed by atoms with E-state index in [2.05, 4.69) is 34.6 Å². The van der Waals surface area contributed by atoms with E-state index in [4.69, 9.17) is 4.74 Å². The highest BCUT2D eigenvalue weighted by Gasteiger charge is 2.11. The van der Waals surface area contributed by atoms with Gasteiger partial charge in [0.1, 0.15) is 18.0 Å². The molecule has 0 spiro atoms. The number of carbonyl (C=O) groups is 2. The zero-order valence-electron chi connectivity index (χ0n) is 16.7. The number of nitrogens with zero attached hydrogens (tertiary/aromatic N) is 2. The highest BCUT2D eigenvalue weighted by Crippen LogP contribution is 2.24. The van der Waals surface area contributed by atoms with Crippen LogP contribution < -0.4 is 20.4 Å². The van der Waals surface area contributed by atoms with Crippen molar-refractivity contribution in [3.8, 4) is 5.75 Å². The Bertz CT molecular complexity index is 882. The van der Waals surface area contributed by atoms with Gasteiger partial charge in [-0.25, -0.2) is 9.82 Å². The Morgan fingerprint density at radius 2 is 1.86 bits per heavy atom. The zero-order chi connectivity index (χ0) is 21.2. The fraction of sp³-hybridized carbons (Fsp3) is 0.286. The molecule has 0 fully saturated rings. The highest BCUT2D eigenvalue weighted by molar-refractivity contribution is 6.03. The van der Waals surface area contributed by atoms with Crippen LogP contribution in [0.3, 0.4) is 0 Å². The van der Waals surface area contributed by atoms with Crippen LogP contribution in [-0.4, -0.2) is 38.2 Å². The molecule has 0 bridgehead atoms. The molecular weight excluding hydrogens is 375 g/mol. The fourth-order valence-corrected chi connectivity index (χ4v) is 2.71. The molecule has 0 aliphatic carbocycles. The average Bonchev–Trinajstić information content (AvgIpc) is 2.71. The van der Waals surface area contributed by atoms with Crippen LogP contribution in [0.15, 0.2) is 47.6 Å². The minimum absolute atomic E-state index is 0.0202. The molecule has 2 N–H and O–H groups in total. The van der Waals surface area contributed by atoms with Crippen LogP contribution in [0.1, 0.15) is 25.8 Å². The molecular formula is C21H25FN4O3. The first-order valence-electron chi connectivity index (χ1n) is 9.27. The molecule has 0 unspecified atom stereocenters. The van der Waals surface area contributed by atoms with Crippen LogP contribution in [-0.2, 0) is 9.59 Å². The van der Waals surface area contributed by atoms with E-state index in [1.807, 2.05) is 18.2 Å². The van der Waals surface area contributed by atoms with Gasteiger partial charge in [0, 0.05) is 30.4 Å². The fourth-order valence-electron chi connectivity index (χ4n) is 2.71. The van der Waals surface area contributed by atoms with Crippen molar-refractivity contribution in [3.05, 3.63) is 53.8 Å². The predicted molar refractivity (Wildman–Crippen MR) is 112 cm³/mol. The lowest BCUT2D eigenvalue weighted by Gasteiger charge is -2.21. The van der Waals surface area contributed by atoms with E-state index in [9.17, 15) is 14.0 Å². The second-order valence-corrected chi connectivity index (χ2v) is 6.10. The Morgan fingerprint density at radius 3 is 2.52 bits per heavy atom. The number of rotatable bonds is 9. The largest absolute Gasteiger partial charge is 0.496 e. The van der Waals surface area contributed by atoms with E-state index < -0.39 is 24.1 Å². The van der Waals surface area contributed by atoms with Crippen molar-refractivity contribution in [2.24, 2.45) is 5.10 Å². The van der Waals surface area contributed by atoms with Gasteiger partial charge >= 0.3 is 0 Å². The third-order valence-corrected chi connectivity index (χ3v) is 4.21. The Morgan fingerprint density at radius 1 is 1.14 bits per heavy atom. The molecule has 0 aliphatic rings. The molecule has 0 heterocycles. The monoisotopic (exact) mass is 400 g/mol. The standard InChI is InChI=1S/C21H25FN4O3/c1-4-26(5-2)16-11-10-15(19(12-16)29-3)14-23-25-21(28)13-20(27)24-18-9-7-6-8-17(18)22/h6-12,14H,4-5,13H2,1-3H3,(H,24,27)(H,25,28). The maximum absolute atomic E-state index is 13.5. The molecule has 0 radical (unpaired) electrons. The number of para-hydroxylation sites is 1. The van der Waals surface area contributed by atoms with Crippen LogP contribution >= 0.6 is 0 Å².